The molecule has 0 amide bonds. The van der Waals surface area contributed by atoms with E-state index >= 15 is 0 Å². The molecule has 0 aliphatic carbocycles. The molecule has 0 spiro atoms. The third-order valence-corrected chi connectivity index (χ3v) is 4.82. The fourth-order valence-corrected chi connectivity index (χ4v) is 3.18. The summed E-state index contributed by atoms with van der Waals surface area (Å²) in [4.78, 5) is 23.9. The molecule has 13 heteroatoms. The van der Waals surface area contributed by atoms with Gasteiger partial charge in [-0.2, -0.15) is 23.3 Å². The van der Waals surface area contributed by atoms with Crippen LogP contribution < -0.4 is 10.1 Å². The molecule has 0 radical (unpaired) electrons. The summed E-state index contributed by atoms with van der Waals surface area (Å²) in [7, 11) is 1.25. The number of benzene rings is 1. The van der Waals surface area contributed by atoms with Crippen molar-refractivity contribution in [2.45, 2.75) is 13.1 Å². The van der Waals surface area contributed by atoms with Crippen molar-refractivity contribution in [3.05, 3.63) is 71.6 Å². The molecule has 35 heavy (non-hydrogen) atoms. The number of hydrogen-bond acceptors (Lipinski definition) is 7. The molecule has 3 aromatic heterocycles. The molecule has 0 saturated carbocycles. The molecule has 180 valence electrons. The highest BCUT2D eigenvalue weighted by molar-refractivity contribution is 5.92. The van der Waals surface area contributed by atoms with Crippen LogP contribution in [0.2, 0.25) is 0 Å². The smallest absolute Gasteiger partial charge is 0.435 e. The predicted octanol–water partition coefficient (Wildman–Crippen LogP) is 4.64. The molecule has 0 atom stereocenters. The Hall–Kier alpha value is -4.55. The van der Waals surface area contributed by atoms with Gasteiger partial charge in [0.1, 0.15) is 11.4 Å². The Bertz CT molecular complexity index is 1420. The maximum Gasteiger partial charge on any atom is 0.435 e. The number of carboxylic acid groups (broad SMARTS) is 1. The molecule has 4 rings (SSSR count). The fraction of sp³-hybridized carbons (Fsp3) is 0.136. The molecule has 0 fully saturated rings. The number of carboxylic acids is 1. The largest absolute Gasteiger partial charge is 0.480 e. The van der Waals surface area contributed by atoms with Crippen molar-refractivity contribution >= 4 is 17.6 Å². The number of carbonyl (C=O) groups is 1. The highest BCUT2D eigenvalue weighted by Gasteiger charge is 2.34. The molecule has 0 bridgehead atoms. The van der Waals surface area contributed by atoms with Crippen LogP contribution in [0.15, 0.2) is 48.9 Å². The van der Waals surface area contributed by atoms with Crippen LogP contribution in [0.3, 0.4) is 0 Å². The van der Waals surface area contributed by atoms with Gasteiger partial charge in [0, 0.05) is 29.7 Å². The molecular weight excluding hydrogens is 472 g/mol. The van der Waals surface area contributed by atoms with Gasteiger partial charge < -0.3 is 15.2 Å². The summed E-state index contributed by atoms with van der Waals surface area (Å²) in [5.74, 6) is -2.33. The maximum atomic E-state index is 14.2. The standard InChI is InChI=1S/C22H16F4N6O3/c1-11-3-4-15(23)16(7-11)29-21-28-10-14(12-8-13(20(33)34)19(35-2)27-9-12)18(30-21)32-6-5-17(31-32)22(24,25)26/h3-10H,1-2H3,(H,33,34)(H,28,29,30). The van der Waals surface area contributed by atoms with E-state index < -0.39 is 23.7 Å². The third-order valence-electron chi connectivity index (χ3n) is 4.82. The number of alkyl halides is 3. The van der Waals surface area contributed by atoms with Crippen LogP contribution in [0.5, 0.6) is 5.88 Å². The number of halogens is 4. The molecule has 4 aromatic rings. The van der Waals surface area contributed by atoms with E-state index in [4.69, 9.17) is 4.74 Å². The number of pyridine rings is 1. The minimum atomic E-state index is -4.71. The van der Waals surface area contributed by atoms with Crippen LogP contribution in [-0.4, -0.2) is 42.9 Å². The fourth-order valence-electron chi connectivity index (χ4n) is 3.18. The van der Waals surface area contributed by atoms with E-state index in [0.717, 1.165) is 22.5 Å². The number of ether oxygens (including phenoxy) is 1. The first-order valence-corrected chi connectivity index (χ1v) is 9.88. The lowest BCUT2D eigenvalue weighted by molar-refractivity contribution is -0.141. The predicted molar refractivity (Wildman–Crippen MR) is 115 cm³/mol. The Kier molecular flexibility index (Phi) is 6.07. The van der Waals surface area contributed by atoms with Gasteiger partial charge in [-0.1, -0.05) is 6.07 Å². The maximum absolute atomic E-state index is 14.2. The number of rotatable bonds is 6. The van der Waals surface area contributed by atoms with Crippen molar-refractivity contribution in [3.8, 4) is 22.8 Å². The van der Waals surface area contributed by atoms with E-state index in [0.29, 0.717) is 0 Å². The topological polar surface area (TPSA) is 115 Å². The number of aromatic carboxylic acids is 1. The zero-order chi connectivity index (χ0) is 25.3. The first kappa shape index (κ1) is 23.6. The summed E-state index contributed by atoms with van der Waals surface area (Å²) in [6.07, 6.45) is -1.17. The summed E-state index contributed by atoms with van der Waals surface area (Å²) < 4.78 is 59.5. The molecular formula is C22H16F4N6O3. The molecule has 2 N–H and O–H groups in total. The van der Waals surface area contributed by atoms with Crippen LogP contribution in [0.25, 0.3) is 16.9 Å². The average Bonchev–Trinajstić information content (AvgIpc) is 3.32. The Morgan fingerprint density at radius 3 is 2.57 bits per heavy atom. The Morgan fingerprint density at radius 2 is 1.91 bits per heavy atom. The summed E-state index contributed by atoms with van der Waals surface area (Å²) >= 11 is 0. The second-order valence-electron chi connectivity index (χ2n) is 7.27. The number of hydrogen-bond donors (Lipinski definition) is 2. The van der Waals surface area contributed by atoms with Crippen molar-refractivity contribution in [1.82, 2.24) is 24.7 Å². The zero-order valence-corrected chi connectivity index (χ0v) is 18.1. The van der Waals surface area contributed by atoms with E-state index in [1.165, 1.54) is 37.7 Å². The number of aromatic nitrogens is 5. The van der Waals surface area contributed by atoms with E-state index in [2.05, 4.69) is 25.4 Å². The van der Waals surface area contributed by atoms with E-state index in [1.807, 2.05) is 0 Å². The first-order chi connectivity index (χ1) is 16.6. The second kappa shape index (κ2) is 9.00. The van der Waals surface area contributed by atoms with Gasteiger partial charge in [0.05, 0.1) is 12.8 Å². The quantitative estimate of drug-likeness (QED) is 0.377. The Labute approximate surface area is 195 Å². The average molecular weight is 488 g/mol. The van der Waals surface area contributed by atoms with Crippen molar-refractivity contribution < 1.29 is 32.2 Å². The van der Waals surface area contributed by atoms with Gasteiger partial charge in [-0.3, -0.25) is 0 Å². The van der Waals surface area contributed by atoms with Crippen LogP contribution in [-0.2, 0) is 6.18 Å². The highest BCUT2D eigenvalue weighted by Crippen LogP contribution is 2.32. The summed E-state index contributed by atoms with van der Waals surface area (Å²) in [5.41, 5.74) is -0.348. The third kappa shape index (κ3) is 4.88. The van der Waals surface area contributed by atoms with Crippen LogP contribution in [0.1, 0.15) is 21.6 Å². The van der Waals surface area contributed by atoms with Gasteiger partial charge in [-0.15, -0.1) is 0 Å². The molecule has 0 aliphatic heterocycles. The molecule has 0 unspecified atom stereocenters. The van der Waals surface area contributed by atoms with Crippen molar-refractivity contribution in [2.75, 3.05) is 12.4 Å². The number of aryl methyl sites for hydroxylation is 1. The highest BCUT2D eigenvalue weighted by atomic mass is 19.4. The van der Waals surface area contributed by atoms with Gasteiger partial charge >= 0.3 is 12.1 Å². The number of nitrogens with one attached hydrogen (secondary N) is 1. The van der Waals surface area contributed by atoms with Gasteiger partial charge in [0.2, 0.25) is 11.8 Å². The lowest BCUT2D eigenvalue weighted by Gasteiger charge is -2.13. The van der Waals surface area contributed by atoms with E-state index in [1.54, 1.807) is 13.0 Å². The van der Waals surface area contributed by atoms with E-state index in [9.17, 15) is 27.5 Å². The minimum Gasteiger partial charge on any atom is -0.480 e. The summed E-state index contributed by atoms with van der Waals surface area (Å²) in [6, 6.07) is 6.29. The zero-order valence-electron chi connectivity index (χ0n) is 18.1. The van der Waals surface area contributed by atoms with Gasteiger partial charge in [0.25, 0.3) is 0 Å². The Morgan fingerprint density at radius 1 is 1.14 bits per heavy atom. The monoisotopic (exact) mass is 488 g/mol. The molecule has 0 saturated heterocycles. The molecule has 3 heterocycles. The van der Waals surface area contributed by atoms with Crippen LogP contribution >= 0.6 is 0 Å². The Balaban J connectivity index is 1.86. The molecule has 1 aromatic carbocycles. The van der Waals surface area contributed by atoms with Gasteiger partial charge in [-0.05, 0) is 36.8 Å². The van der Waals surface area contributed by atoms with Gasteiger partial charge in [0.15, 0.2) is 11.5 Å². The molecule has 9 nitrogen and oxygen atoms in total. The molecule has 0 aliphatic rings. The van der Waals surface area contributed by atoms with Crippen molar-refractivity contribution in [3.63, 3.8) is 0 Å². The van der Waals surface area contributed by atoms with Crippen molar-refractivity contribution in [2.24, 2.45) is 0 Å². The normalized spacial score (nSPS) is 11.4. The SMILES string of the molecule is COc1ncc(-c2cnc(Nc3cc(C)ccc3F)nc2-n2ccc(C(F)(F)F)n2)cc1C(=O)O. The lowest BCUT2D eigenvalue weighted by Crippen LogP contribution is -2.10. The minimum absolute atomic E-state index is 0.0550. The first-order valence-electron chi connectivity index (χ1n) is 9.88. The summed E-state index contributed by atoms with van der Waals surface area (Å²) in [5, 5.41) is 15.7. The van der Waals surface area contributed by atoms with Crippen LogP contribution in [0, 0.1) is 12.7 Å². The second-order valence-corrected chi connectivity index (χ2v) is 7.27. The van der Waals surface area contributed by atoms with Gasteiger partial charge in [-0.25, -0.2) is 23.8 Å². The lowest BCUT2D eigenvalue weighted by atomic mass is 10.1. The van der Waals surface area contributed by atoms with Crippen LogP contribution in [0.4, 0.5) is 29.2 Å². The summed E-state index contributed by atoms with van der Waals surface area (Å²) in [6.45, 7) is 1.75. The number of methoxy groups -OCH3 is 1. The number of anilines is 2. The van der Waals surface area contributed by atoms with Crippen molar-refractivity contribution in [1.29, 1.82) is 0 Å². The number of nitrogens with zero attached hydrogens (tertiary/aromatic N) is 5. The van der Waals surface area contributed by atoms with E-state index in [-0.39, 0.29) is 40.0 Å².